The van der Waals surface area contributed by atoms with Crippen molar-refractivity contribution in [3.8, 4) is 0 Å². The summed E-state index contributed by atoms with van der Waals surface area (Å²) >= 11 is 0. The molecule has 0 radical (unpaired) electrons. The van der Waals surface area contributed by atoms with Gasteiger partial charge in [0, 0.05) is 47.7 Å². The smallest absolute Gasteiger partial charge is 0.309 e. The van der Waals surface area contributed by atoms with Crippen molar-refractivity contribution in [2.24, 2.45) is 17.3 Å². The van der Waals surface area contributed by atoms with Crippen molar-refractivity contribution in [1.82, 2.24) is 0 Å². The molecule has 244 valence electrons. The highest BCUT2D eigenvalue weighted by Gasteiger charge is 2.37. The van der Waals surface area contributed by atoms with Gasteiger partial charge in [-0.25, -0.2) is 0 Å². The minimum absolute atomic E-state index is 0.0799. The maximum atomic E-state index is 13.6. The molecule has 1 aliphatic rings. The second kappa shape index (κ2) is 13.6. The number of hydrogen-bond donors (Lipinski definition) is 2. The largest absolute Gasteiger partial charge is 0.481 e. The first kappa shape index (κ1) is 35.6. The van der Waals surface area contributed by atoms with Crippen LogP contribution in [0, 0.1) is 17.3 Å². The standard InChI is InChI=1S/C38H52N2O5/c1-25-19-29(21-27-11-15-31(16-12-27)39(9)37(5,6)23-26(2)34(42)43)33(41)30(20-25)22-28-13-17-32(18-14-28)40(10)38(7,8)24-36(3,4)35(44)45/h11-18,21-22,25-26H,19-20,23-24H2,1-10H3,(H,42,43)(H,44,45)/b29-21+,30-22+. The van der Waals surface area contributed by atoms with Crippen LogP contribution in [0.15, 0.2) is 59.7 Å². The number of nitrogens with zero attached hydrogens (tertiary/aromatic N) is 2. The number of aliphatic carboxylic acids is 2. The Kier molecular flexibility index (Phi) is 10.8. The second-order valence-electron chi connectivity index (χ2n) is 14.9. The van der Waals surface area contributed by atoms with E-state index < -0.39 is 23.3 Å². The molecule has 0 amide bonds. The number of carboxylic acids is 2. The average Bonchev–Trinajstić information content (AvgIpc) is 2.94. The molecule has 2 unspecified atom stereocenters. The van der Waals surface area contributed by atoms with Gasteiger partial charge in [-0.05, 0) is 121 Å². The summed E-state index contributed by atoms with van der Waals surface area (Å²) in [6.07, 6.45) is 6.45. The number of anilines is 2. The third-order valence-electron chi connectivity index (χ3n) is 9.46. The molecule has 7 nitrogen and oxygen atoms in total. The summed E-state index contributed by atoms with van der Waals surface area (Å²) in [6, 6.07) is 16.2. The van der Waals surface area contributed by atoms with E-state index in [1.807, 2.05) is 88.6 Å². The number of rotatable bonds is 12. The van der Waals surface area contributed by atoms with Crippen molar-refractivity contribution >= 4 is 41.2 Å². The predicted octanol–water partition coefficient (Wildman–Crippen LogP) is 8.19. The zero-order valence-corrected chi connectivity index (χ0v) is 28.8. The van der Waals surface area contributed by atoms with Crippen LogP contribution in [-0.4, -0.2) is 53.1 Å². The van der Waals surface area contributed by atoms with Crippen LogP contribution < -0.4 is 9.80 Å². The topological polar surface area (TPSA) is 98.2 Å². The molecule has 1 saturated carbocycles. The Morgan fingerprint density at radius 2 is 1.20 bits per heavy atom. The Hall–Kier alpha value is -3.87. The number of allylic oxidation sites excluding steroid dienone is 2. The molecule has 2 N–H and O–H groups in total. The van der Waals surface area contributed by atoms with E-state index >= 15 is 0 Å². The maximum absolute atomic E-state index is 13.6. The molecule has 2 aromatic rings. The summed E-state index contributed by atoms with van der Waals surface area (Å²) in [4.78, 5) is 40.9. The lowest BCUT2D eigenvalue weighted by Gasteiger charge is -2.41. The van der Waals surface area contributed by atoms with E-state index in [1.165, 1.54) is 0 Å². The minimum Gasteiger partial charge on any atom is -0.481 e. The quantitative estimate of drug-likeness (QED) is 0.232. The van der Waals surface area contributed by atoms with Crippen LogP contribution in [0.25, 0.3) is 12.2 Å². The average molecular weight is 617 g/mol. The van der Waals surface area contributed by atoms with Crippen LogP contribution in [0.3, 0.4) is 0 Å². The number of carbonyl (C=O) groups excluding carboxylic acids is 1. The van der Waals surface area contributed by atoms with Gasteiger partial charge in [-0.1, -0.05) is 38.1 Å². The van der Waals surface area contributed by atoms with Gasteiger partial charge in [0.1, 0.15) is 0 Å². The predicted molar refractivity (Wildman–Crippen MR) is 185 cm³/mol. The summed E-state index contributed by atoms with van der Waals surface area (Å²) in [6.45, 7) is 15.6. The molecule has 0 saturated heterocycles. The van der Waals surface area contributed by atoms with Crippen molar-refractivity contribution in [3.63, 3.8) is 0 Å². The lowest BCUT2D eigenvalue weighted by Crippen LogP contribution is -2.46. The molecular formula is C38H52N2O5. The Morgan fingerprint density at radius 1 is 0.800 bits per heavy atom. The third kappa shape index (κ3) is 8.86. The first-order chi connectivity index (χ1) is 20.7. The van der Waals surface area contributed by atoms with Crippen LogP contribution in [-0.2, 0) is 14.4 Å². The number of Topliss-reactive ketones (excluding diaryl/α,β-unsaturated/α-hetero) is 1. The lowest BCUT2D eigenvalue weighted by atomic mass is 9.79. The number of benzene rings is 2. The molecule has 1 fully saturated rings. The van der Waals surface area contributed by atoms with E-state index in [0.717, 1.165) is 46.5 Å². The van der Waals surface area contributed by atoms with Gasteiger partial charge in [0.15, 0.2) is 5.78 Å². The van der Waals surface area contributed by atoms with Gasteiger partial charge < -0.3 is 20.0 Å². The summed E-state index contributed by atoms with van der Waals surface area (Å²) in [5.41, 5.74) is 3.94. The molecule has 3 rings (SSSR count). The molecule has 7 heteroatoms. The van der Waals surface area contributed by atoms with E-state index in [1.54, 1.807) is 20.8 Å². The molecule has 0 heterocycles. The fourth-order valence-corrected chi connectivity index (χ4v) is 6.40. The van der Waals surface area contributed by atoms with Crippen molar-refractivity contribution < 1.29 is 24.6 Å². The van der Waals surface area contributed by atoms with Gasteiger partial charge in [0.25, 0.3) is 0 Å². The van der Waals surface area contributed by atoms with Gasteiger partial charge in [0.2, 0.25) is 0 Å². The lowest BCUT2D eigenvalue weighted by molar-refractivity contribution is -0.148. The fourth-order valence-electron chi connectivity index (χ4n) is 6.40. The maximum Gasteiger partial charge on any atom is 0.309 e. The number of carboxylic acid groups (broad SMARTS) is 2. The first-order valence-electron chi connectivity index (χ1n) is 15.8. The molecule has 0 bridgehead atoms. The van der Waals surface area contributed by atoms with Crippen LogP contribution in [0.4, 0.5) is 11.4 Å². The van der Waals surface area contributed by atoms with Crippen molar-refractivity contribution in [2.45, 2.75) is 92.2 Å². The van der Waals surface area contributed by atoms with Crippen LogP contribution in [0.2, 0.25) is 0 Å². The SMILES string of the molecule is CC1C/C(=C\c2ccc(N(C)C(C)(C)CC(C)C(=O)O)cc2)C(=O)/C(=C/c2ccc(N(C)C(C)(C)CC(C)(C)C(=O)O)cc2)C1. The first-order valence-corrected chi connectivity index (χ1v) is 15.8. The molecular weight excluding hydrogens is 564 g/mol. The molecule has 0 aromatic heterocycles. The Balaban J connectivity index is 1.77. The number of carbonyl (C=O) groups is 3. The zero-order valence-electron chi connectivity index (χ0n) is 28.8. The van der Waals surface area contributed by atoms with Gasteiger partial charge >= 0.3 is 11.9 Å². The van der Waals surface area contributed by atoms with E-state index in [0.29, 0.717) is 18.8 Å². The van der Waals surface area contributed by atoms with Gasteiger partial charge in [-0.3, -0.25) is 14.4 Å². The summed E-state index contributed by atoms with van der Waals surface area (Å²) in [7, 11) is 3.97. The van der Waals surface area contributed by atoms with E-state index in [2.05, 4.69) is 30.6 Å². The molecule has 2 atom stereocenters. The monoisotopic (exact) mass is 616 g/mol. The molecule has 0 aliphatic heterocycles. The van der Waals surface area contributed by atoms with E-state index in [9.17, 15) is 24.6 Å². The van der Waals surface area contributed by atoms with E-state index in [4.69, 9.17) is 0 Å². The Labute approximate surface area is 269 Å². The van der Waals surface area contributed by atoms with Gasteiger partial charge in [0.05, 0.1) is 11.3 Å². The highest BCUT2D eigenvalue weighted by molar-refractivity contribution is 6.14. The fraction of sp³-hybridized carbons (Fsp3) is 0.500. The normalized spacial score (nSPS) is 18.6. The highest BCUT2D eigenvalue weighted by atomic mass is 16.4. The van der Waals surface area contributed by atoms with Crippen molar-refractivity contribution in [1.29, 1.82) is 0 Å². The molecule has 1 aliphatic carbocycles. The van der Waals surface area contributed by atoms with Gasteiger partial charge in [-0.15, -0.1) is 0 Å². The third-order valence-corrected chi connectivity index (χ3v) is 9.46. The molecule has 0 spiro atoms. The Morgan fingerprint density at radius 3 is 1.58 bits per heavy atom. The van der Waals surface area contributed by atoms with Crippen LogP contribution in [0.1, 0.15) is 92.2 Å². The summed E-state index contributed by atoms with van der Waals surface area (Å²) < 4.78 is 0. The van der Waals surface area contributed by atoms with E-state index in [-0.39, 0.29) is 16.9 Å². The number of hydrogen-bond acceptors (Lipinski definition) is 5. The van der Waals surface area contributed by atoms with Crippen molar-refractivity contribution in [2.75, 3.05) is 23.9 Å². The summed E-state index contributed by atoms with van der Waals surface area (Å²) in [5.74, 6) is -1.62. The second-order valence-corrected chi connectivity index (χ2v) is 14.9. The minimum atomic E-state index is -0.844. The number of ketones is 1. The highest BCUT2D eigenvalue weighted by Crippen LogP contribution is 2.36. The van der Waals surface area contributed by atoms with Crippen LogP contribution >= 0.6 is 0 Å². The molecule has 45 heavy (non-hydrogen) atoms. The summed E-state index contributed by atoms with van der Waals surface area (Å²) in [5, 5.41) is 19.0. The van der Waals surface area contributed by atoms with Crippen molar-refractivity contribution in [3.05, 3.63) is 70.8 Å². The van der Waals surface area contributed by atoms with Crippen LogP contribution in [0.5, 0.6) is 0 Å². The van der Waals surface area contributed by atoms with Gasteiger partial charge in [-0.2, -0.15) is 0 Å². The Bertz CT molecular complexity index is 1450. The zero-order chi connectivity index (χ0) is 33.9. The molecule has 2 aromatic carbocycles.